The van der Waals surface area contributed by atoms with Crippen molar-refractivity contribution in [1.82, 2.24) is 9.66 Å². The monoisotopic (exact) mass is 244 g/mol. The Morgan fingerprint density at radius 3 is 2.61 bits per heavy atom. The van der Waals surface area contributed by atoms with Gasteiger partial charge in [-0.15, -0.1) is 0 Å². The molecule has 5 nitrogen and oxygen atoms in total. The van der Waals surface area contributed by atoms with Gasteiger partial charge in [-0.1, -0.05) is 6.07 Å². The van der Waals surface area contributed by atoms with Crippen molar-refractivity contribution in [3.8, 4) is 5.75 Å². The molecule has 0 saturated carbocycles. The predicted octanol–water partition coefficient (Wildman–Crippen LogP) is 1.98. The summed E-state index contributed by atoms with van der Waals surface area (Å²) < 4.78 is 1.48. The maximum absolute atomic E-state index is 9.88. The molecule has 3 N–H and O–H groups in total. The van der Waals surface area contributed by atoms with Crippen LogP contribution in [0.1, 0.15) is 22.4 Å². The summed E-state index contributed by atoms with van der Waals surface area (Å²) in [6.45, 7) is 5.71. The second kappa shape index (κ2) is 4.52. The molecule has 1 heterocycles. The number of aryl methyl sites for hydroxylation is 3. The van der Waals surface area contributed by atoms with Gasteiger partial charge in [0.2, 0.25) is 5.95 Å². The third-order valence-corrected chi connectivity index (χ3v) is 2.66. The van der Waals surface area contributed by atoms with E-state index < -0.39 is 0 Å². The number of hydrogen-bond donors (Lipinski definition) is 2. The van der Waals surface area contributed by atoms with Crippen LogP contribution in [0.5, 0.6) is 5.75 Å². The van der Waals surface area contributed by atoms with Crippen LogP contribution in [0.4, 0.5) is 5.95 Å². The second-order valence-electron chi connectivity index (χ2n) is 4.34. The highest BCUT2D eigenvalue weighted by Crippen LogP contribution is 2.21. The molecule has 94 valence electrons. The van der Waals surface area contributed by atoms with E-state index in [4.69, 9.17) is 5.73 Å². The van der Waals surface area contributed by atoms with Gasteiger partial charge in [0, 0.05) is 5.56 Å². The fraction of sp³-hybridized carbons (Fsp3) is 0.231. The number of nitrogens with zero attached hydrogens (tertiary/aromatic N) is 3. The Labute approximate surface area is 106 Å². The maximum atomic E-state index is 9.88. The van der Waals surface area contributed by atoms with Crippen LogP contribution in [0, 0.1) is 20.8 Å². The molecule has 0 bridgehead atoms. The number of phenols is 1. The van der Waals surface area contributed by atoms with Crippen molar-refractivity contribution in [2.24, 2.45) is 5.10 Å². The molecule has 0 fully saturated rings. The summed E-state index contributed by atoms with van der Waals surface area (Å²) in [4.78, 5) is 4.05. The van der Waals surface area contributed by atoms with Crippen molar-refractivity contribution < 1.29 is 5.11 Å². The van der Waals surface area contributed by atoms with E-state index in [0.717, 1.165) is 16.8 Å². The van der Waals surface area contributed by atoms with Gasteiger partial charge in [0.05, 0.1) is 18.1 Å². The average Bonchev–Trinajstić information content (AvgIpc) is 2.55. The van der Waals surface area contributed by atoms with Gasteiger partial charge in [-0.3, -0.25) is 0 Å². The maximum Gasteiger partial charge on any atom is 0.221 e. The summed E-state index contributed by atoms with van der Waals surface area (Å²) in [6.07, 6.45) is 3.31. The zero-order valence-electron chi connectivity index (χ0n) is 10.7. The van der Waals surface area contributed by atoms with Crippen molar-refractivity contribution >= 4 is 12.2 Å². The fourth-order valence-corrected chi connectivity index (χ4v) is 1.84. The minimum atomic E-state index is 0.214. The third kappa shape index (κ3) is 2.34. The molecule has 0 atom stereocenters. The van der Waals surface area contributed by atoms with Gasteiger partial charge in [-0.25, -0.2) is 9.66 Å². The fourth-order valence-electron chi connectivity index (χ4n) is 1.84. The first-order valence-corrected chi connectivity index (χ1v) is 5.63. The highest BCUT2D eigenvalue weighted by molar-refractivity contribution is 5.85. The number of aromatic hydroxyl groups is 1. The topological polar surface area (TPSA) is 76.4 Å². The Bertz CT molecular complexity index is 590. The van der Waals surface area contributed by atoms with Crippen LogP contribution in [-0.2, 0) is 0 Å². The first-order chi connectivity index (χ1) is 8.47. The summed E-state index contributed by atoms with van der Waals surface area (Å²) in [6, 6.07) is 3.69. The molecule has 0 spiro atoms. The molecular formula is C13H16N4O. The summed E-state index contributed by atoms with van der Waals surface area (Å²) in [5, 5.41) is 14.1. The lowest BCUT2D eigenvalue weighted by Gasteiger charge is -2.05. The van der Waals surface area contributed by atoms with E-state index in [1.807, 2.05) is 26.8 Å². The number of aromatic nitrogens is 2. The van der Waals surface area contributed by atoms with Crippen molar-refractivity contribution in [3.63, 3.8) is 0 Å². The molecule has 0 aliphatic heterocycles. The number of benzene rings is 1. The van der Waals surface area contributed by atoms with E-state index >= 15 is 0 Å². The largest absolute Gasteiger partial charge is 0.507 e. The van der Waals surface area contributed by atoms with Crippen LogP contribution >= 0.6 is 0 Å². The Morgan fingerprint density at radius 2 is 2.06 bits per heavy atom. The van der Waals surface area contributed by atoms with Crippen LogP contribution < -0.4 is 5.73 Å². The molecule has 0 amide bonds. The lowest BCUT2D eigenvalue weighted by molar-refractivity contribution is 0.473. The van der Waals surface area contributed by atoms with Gasteiger partial charge in [-0.2, -0.15) is 5.10 Å². The zero-order chi connectivity index (χ0) is 13.3. The number of anilines is 1. The number of phenolic OH excluding ortho intramolecular Hbond substituents is 1. The van der Waals surface area contributed by atoms with E-state index in [1.165, 1.54) is 4.68 Å². The summed E-state index contributed by atoms with van der Waals surface area (Å²) >= 11 is 0. The third-order valence-electron chi connectivity index (χ3n) is 2.66. The molecule has 5 heteroatoms. The number of nitrogens with two attached hydrogens (primary N) is 1. The minimum Gasteiger partial charge on any atom is -0.507 e. The summed E-state index contributed by atoms with van der Waals surface area (Å²) in [5.74, 6) is 0.541. The zero-order valence-corrected chi connectivity index (χ0v) is 10.7. The average molecular weight is 244 g/mol. The molecule has 1 aromatic heterocycles. The Morgan fingerprint density at radius 1 is 1.33 bits per heavy atom. The number of imidazole rings is 1. The molecule has 0 radical (unpaired) electrons. The smallest absolute Gasteiger partial charge is 0.221 e. The molecule has 0 aliphatic rings. The van der Waals surface area contributed by atoms with Crippen LogP contribution in [0.2, 0.25) is 0 Å². The Kier molecular flexibility index (Phi) is 3.06. The van der Waals surface area contributed by atoms with Crippen molar-refractivity contribution in [1.29, 1.82) is 0 Å². The van der Waals surface area contributed by atoms with E-state index in [-0.39, 0.29) is 5.75 Å². The van der Waals surface area contributed by atoms with Gasteiger partial charge in [-0.05, 0) is 38.0 Å². The van der Waals surface area contributed by atoms with Gasteiger partial charge in [0.1, 0.15) is 5.75 Å². The Hall–Kier alpha value is -2.30. The van der Waals surface area contributed by atoms with Crippen molar-refractivity contribution in [2.45, 2.75) is 20.8 Å². The number of rotatable bonds is 2. The van der Waals surface area contributed by atoms with Crippen LogP contribution in [0.3, 0.4) is 0 Å². The van der Waals surface area contributed by atoms with Gasteiger partial charge < -0.3 is 10.8 Å². The van der Waals surface area contributed by atoms with Crippen LogP contribution in [-0.4, -0.2) is 21.0 Å². The molecule has 2 rings (SSSR count). The van der Waals surface area contributed by atoms with E-state index in [1.54, 1.807) is 18.5 Å². The van der Waals surface area contributed by atoms with Crippen molar-refractivity contribution in [3.05, 3.63) is 40.7 Å². The van der Waals surface area contributed by atoms with E-state index in [0.29, 0.717) is 11.5 Å². The molecule has 0 unspecified atom stereocenters. The predicted molar refractivity (Wildman–Crippen MR) is 71.9 cm³/mol. The molecule has 18 heavy (non-hydrogen) atoms. The van der Waals surface area contributed by atoms with Gasteiger partial charge >= 0.3 is 0 Å². The lowest BCUT2D eigenvalue weighted by Crippen LogP contribution is -1.98. The first-order valence-electron chi connectivity index (χ1n) is 5.63. The molecule has 0 aliphatic carbocycles. The molecule has 1 aromatic carbocycles. The second-order valence-corrected chi connectivity index (χ2v) is 4.34. The quantitative estimate of drug-likeness (QED) is 0.793. The molecule has 2 aromatic rings. The standard InChI is InChI=1S/C13H16N4O/c1-8-4-9(2)11(12(18)5-8)6-15-17-7-10(3)16-13(17)14/h4-7,18H,1-3H3,(H2,14,16). The number of hydrogen-bond acceptors (Lipinski definition) is 4. The highest BCUT2D eigenvalue weighted by Gasteiger charge is 2.04. The lowest BCUT2D eigenvalue weighted by atomic mass is 10.1. The number of nitrogen functional groups attached to an aromatic ring is 1. The van der Waals surface area contributed by atoms with Crippen molar-refractivity contribution in [2.75, 3.05) is 5.73 Å². The van der Waals surface area contributed by atoms with E-state index in [9.17, 15) is 5.11 Å². The highest BCUT2D eigenvalue weighted by atomic mass is 16.3. The van der Waals surface area contributed by atoms with E-state index in [2.05, 4.69) is 10.1 Å². The summed E-state index contributed by atoms with van der Waals surface area (Å²) in [5.41, 5.74) is 9.15. The van der Waals surface area contributed by atoms with Gasteiger partial charge in [0.15, 0.2) is 0 Å². The Balaban J connectivity index is 2.37. The summed E-state index contributed by atoms with van der Waals surface area (Å²) in [7, 11) is 0. The molecular weight excluding hydrogens is 228 g/mol. The molecule has 0 saturated heterocycles. The normalized spacial score (nSPS) is 11.3. The minimum absolute atomic E-state index is 0.214. The SMILES string of the molecule is Cc1cc(C)c(C=Nn2cc(C)nc2N)c(O)c1. The van der Waals surface area contributed by atoms with Crippen LogP contribution in [0.25, 0.3) is 0 Å². The van der Waals surface area contributed by atoms with Crippen LogP contribution in [0.15, 0.2) is 23.4 Å². The van der Waals surface area contributed by atoms with Gasteiger partial charge in [0.25, 0.3) is 0 Å². The first kappa shape index (κ1) is 12.2.